The fourth-order valence-corrected chi connectivity index (χ4v) is 2.37. The maximum atomic E-state index is 4.58. The van der Waals surface area contributed by atoms with Crippen LogP contribution in [0.25, 0.3) is 0 Å². The summed E-state index contributed by atoms with van der Waals surface area (Å²) >= 11 is 4.17. The molecule has 96 valence electrons. The highest BCUT2D eigenvalue weighted by atomic mass is 127. The first-order valence-corrected chi connectivity index (χ1v) is 7.80. The second-order valence-corrected chi connectivity index (χ2v) is 7.70. The lowest BCUT2D eigenvalue weighted by Crippen LogP contribution is -2.11. The average molecular weight is 365 g/mol. The molecule has 0 aliphatic carbocycles. The van der Waals surface area contributed by atoms with Gasteiger partial charge in [0.05, 0.1) is 15.0 Å². The molecule has 0 bridgehead atoms. The summed E-state index contributed by atoms with van der Waals surface area (Å²) in [5, 5.41) is 3.29. The smallest absolute Gasteiger partial charge is 0.143 e. The number of anilines is 1. The van der Waals surface area contributed by atoms with Crippen LogP contribution < -0.4 is 5.32 Å². The van der Waals surface area contributed by atoms with Crippen molar-refractivity contribution < 1.29 is 0 Å². The van der Waals surface area contributed by atoms with Crippen molar-refractivity contribution in [3.05, 3.63) is 15.1 Å². The number of nitrogens with zero attached hydrogens (tertiary/aromatic N) is 2. The summed E-state index contributed by atoms with van der Waals surface area (Å²) in [5.74, 6) is 2.74. The molecular formula is C12H20IN3S. The van der Waals surface area contributed by atoms with Gasteiger partial charge >= 0.3 is 0 Å². The predicted octanol–water partition coefficient (Wildman–Crippen LogP) is 3.85. The summed E-state index contributed by atoms with van der Waals surface area (Å²) in [6.45, 7) is 11.6. The van der Waals surface area contributed by atoms with E-state index in [-0.39, 0.29) is 4.75 Å². The van der Waals surface area contributed by atoms with Crippen LogP contribution in [-0.4, -0.2) is 21.3 Å². The fraction of sp³-hybridized carbons (Fsp3) is 0.667. The van der Waals surface area contributed by atoms with Gasteiger partial charge in [-0.25, -0.2) is 9.97 Å². The number of hydrogen-bond acceptors (Lipinski definition) is 4. The van der Waals surface area contributed by atoms with Crippen molar-refractivity contribution in [1.82, 2.24) is 9.97 Å². The Morgan fingerprint density at radius 1 is 1.29 bits per heavy atom. The number of aromatic nitrogens is 2. The van der Waals surface area contributed by atoms with Crippen LogP contribution in [0.1, 0.15) is 39.2 Å². The Hall–Kier alpha value is -0.0400. The number of hydrogen-bond donors (Lipinski definition) is 1. The lowest BCUT2D eigenvalue weighted by Gasteiger charge is -2.17. The third kappa shape index (κ3) is 4.99. The SMILES string of the molecule is CCNc1nc(CSC(C)(C)C)nc(C)c1I. The Balaban J connectivity index is 2.86. The molecule has 0 saturated heterocycles. The molecule has 0 radical (unpaired) electrons. The van der Waals surface area contributed by atoms with Crippen molar-refractivity contribution in [2.24, 2.45) is 0 Å². The van der Waals surface area contributed by atoms with Crippen molar-refractivity contribution in [3.8, 4) is 0 Å². The molecule has 1 heterocycles. The molecule has 0 unspecified atom stereocenters. The van der Waals surface area contributed by atoms with Gasteiger partial charge in [0.15, 0.2) is 0 Å². The largest absolute Gasteiger partial charge is 0.369 e. The van der Waals surface area contributed by atoms with Crippen LogP contribution in [0, 0.1) is 10.5 Å². The van der Waals surface area contributed by atoms with Crippen LogP contribution in [0.5, 0.6) is 0 Å². The van der Waals surface area contributed by atoms with E-state index in [4.69, 9.17) is 0 Å². The van der Waals surface area contributed by atoms with Gasteiger partial charge in [-0.15, -0.1) is 11.8 Å². The van der Waals surface area contributed by atoms with Crippen molar-refractivity contribution in [2.75, 3.05) is 11.9 Å². The molecule has 0 aliphatic heterocycles. The zero-order valence-electron chi connectivity index (χ0n) is 11.1. The van der Waals surface area contributed by atoms with Crippen molar-refractivity contribution in [1.29, 1.82) is 0 Å². The van der Waals surface area contributed by atoms with E-state index in [1.807, 2.05) is 18.7 Å². The highest BCUT2D eigenvalue weighted by Gasteiger charge is 2.14. The van der Waals surface area contributed by atoms with Gasteiger partial charge in [0.25, 0.3) is 0 Å². The highest BCUT2D eigenvalue weighted by Crippen LogP contribution is 2.27. The van der Waals surface area contributed by atoms with Crippen LogP contribution in [0.15, 0.2) is 0 Å². The fourth-order valence-electron chi connectivity index (χ4n) is 1.25. The van der Waals surface area contributed by atoms with Gasteiger partial charge in [-0.2, -0.15) is 0 Å². The van der Waals surface area contributed by atoms with Crippen molar-refractivity contribution in [2.45, 2.75) is 45.1 Å². The number of nitrogens with one attached hydrogen (secondary N) is 1. The summed E-state index contributed by atoms with van der Waals surface area (Å²) in [6, 6.07) is 0. The minimum Gasteiger partial charge on any atom is -0.369 e. The van der Waals surface area contributed by atoms with Gasteiger partial charge in [0, 0.05) is 11.3 Å². The third-order valence-electron chi connectivity index (χ3n) is 2.04. The first-order chi connectivity index (χ1) is 7.83. The predicted molar refractivity (Wildman–Crippen MR) is 84.7 cm³/mol. The van der Waals surface area contributed by atoms with E-state index in [0.29, 0.717) is 0 Å². The molecule has 3 nitrogen and oxygen atoms in total. The first-order valence-electron chi connectivity index (χ1n) is 5.74. The third-order valence-corrected chi connectivity index (χ3v) is 4.60. The number of halogens is 1. The van der Waals surface area contributed by atoms with Gasteiger partial charge in [0.2, 0.25) is 0 Å². The minimum atomic E-state index is 0.249. The van der Waals surface area contributed by atoms with Crippen LogP contribution >= 0.6 is 34.4 Å². The second-order valence-electron chi connectivity index (χ2n) is 4.82. The maximum absolute atomic E-state index is 4.58. The van der Waals surface area contributed by atoms with E-state index in [1.165, 1.54) is 0 Å². The minimum absolute atomic E-state index is 0.249. The monoisotopic (exact) mass is 365 g/mol. The van der Waals surface area contributed by atoms with Gasteiger partial charge in [-0.1, -0.05) is 20.8 Å². The zero-order valence-corrected chi connectivity index (χ0v) is 14.1. The molecule has 1 aromatic rings. The summed E-state index contributed by atoms with van der Waals surface area (Å²) < 4.78 is 1.37. The second kappa shape index (κ2) is 6.22. The molecule has 0 fully saturated rings. The molecule has 1 rings (SSSR count). The molecule has 0 saturated carbocycles. The van der Waals surface area contributed by atoms with E-state index in [2.05, 4.69) is 65.6 Å². The Kier molecular flexibility index (Phi) is 5.50. The van der Waals surface area contributed by atoms with E-state index in [1.54, 1.807) is 0 Å². The van der Waals surface area contributed by atoms with Crippen LogP contribution in [-0.2, 0) is 5.75 Å². The molecule has 17 heavy (non-hydrogen) atoms. The van der Waals surface area contributed by atoms with Crippen molar-refractivity contribution >= 4 is 40.2 Å². The van der Waals surface area contributed by atoms with Crippen LogP contribution in [0.2, 0.25) is 0 Å². The summed E-state index contributed by atoms with van der Waals surface area (Å²) in [6.07, 6.45) is 0. The molecule has 1 aromatic heterocycles. The van der Waals surface area contributed by atoms with Gasteiger partial charge in [-0.3, -0.25) is 0 Å². The standard InChI is InChI=1S/C12H20IN3S/c1-6-14-11-10(13)8(2)15-9(16-11)7-17-12(3,4)5/h6-7H2,1-5H3,(H,14,15,16). The molecule has 1 N–H and O–H groups in total. The summed E-state index contributed by atoms with van der Waals surface area (Å²) in [5.41, 5.74) is 1.06. The first kappa shape index (κ1) is 15.0. The number of aryl methyl sites for hydroxylation is 1. The zero-order chi connectivity index (χ0) is 13.1. The number of rotatable bonds is 4. The Morgan fingerprint density at radius 3 is 2.47 bits per heavy atom. The van der Waals surface area contributed by atoms with E-state index >= 15 is 0 Å². The lowest BCUT2D eigenvalue weighted by molar-refractivity contribution is 0.799. The van der Waals surface area contributed by atoms with E-state index in [9.17, 15) is 0 Å². The number of thioether (sulfide) groups is 1. The summed E-state index contributed by atoms with van der Waals surface area (Å²) in [4.78, 5) is 9.11. The highest BCUT2D eigenvalue weighted by molar-refractivity contribution is 14.1. The Labute approximate surface area is 122 Å². The lowest BCUT2D eigenvalue weighted by atomic mass is 10.3. The van der Waals surface area contributed by atoms with Gasteiger partial charge < -0.3 is 5.32 Å². The van der Waals surface area contributed by atoms with E-state index < -0.39 is 0 Å². The molecule has 0 spiro atoms. The van der Waals surface area contributed by atoms with Crippen molar-refractivity contribution in [3.63, 3.8) is 0 Å². The van der Waals surface area contributed by atoms with Gasteiger partial charge in [-0.05, 0) is 36.4 Å². The van der Waals surface area contributed by atoms with Gasteiger partial charge in [0.1, 0.15) is 11.6 Å². The average Bonchev–Trinajstić information content (AvgIpc) is 2.21. The summed E-state index contributed by atoms with van der Waals surface area (Å²) in [7, 11) is 0. The quantitative estimate of drug-likeness (QED) is 0.823. The van der Waals surface area contributed by atoms with Crippen LogP contribution in [0.3, 0.4) is 0 Å². The molecule has 0 amide bonds. The molecule has 0 aliphatic rings. The Morgan fingerprint density at radius 2 is 1.94 bits per heavy atom. The molecule has 0 atom stereocenters. The van der Waals surface area contributed by atoms with E-state index in [0.717, 1.165) is 33.2 Å². The molecule has 0 aromatic carbocycles. The topological polar surface area (TPSA) is 37.8 Å². The maximum Gasteiger partial charge on any atom is 0.143 e. The molecular weight excluding hydrogens is 345 g/mol. The molecule has 5 heteroatoms. The van der Waals surface area contributed by atoms with Crippen LogP contribution in [0.4, 0.5) is 5.82 Å². The Bertz CT molecular complexity index is 388. The normalized spacial score (nSPS) is 11.6.